The Kier molecular flexibility index (Phi) is 3.82. The average Bonchev–Trinajstić information content (AvgIpc) is 2.71. The van der Waals surface area contributed by atoms with Crippen molar-refractivity contribution in [3.05, 3.63) is 0 Å². The molecule has 0 aliphatic carbocycles. The summed E-state index contributed by atoms with van der Waals surface area (Å²) in [7, 11) is 0. The summed E-state index contributed by atoms with van der Waals surface area (Å²) < 4.78 is 5.44. The number of hydrogen-bond donors (Lipinski definition) is 1. The molecule has 4 nitrogen and oxygen atoms in total. The van der Waals surface area contributed by atoms with Crippen LogP contribution in [0.4, 0.5) is 0 Å². The molecule has 2 aliphatic heterocycles. The van der Waals surface area contributed by atoms with Crippen molar-refractivity contribution in [3.8, 4) is 0 Å². The lowest BCUT2D eigenvalue weighted by Crippen LogP contribution is -2.44. The summed E-state index contributed by atoms with van der Waals surface area (Å²) in [5.74, 6) is 0.687. The van der Waals surface area contributed by atoms with Gasteiger partial charge in [0.25, 0.3) is 0 Å². The first-order valence-corrected chi connectivity index (χ1v) is 6.35. The van der Waals surface area contributed by atoms with Crippen molar-refractivity contribution < 1.29 is 9.53 Å². The molecule has 2 aliphatic rings. The topological polar surface area (TPSA) is 41.6 Å². The largest absolute Gasteiger partial charge is 0.379 e. The van der Waals surface area contributed by atoms with Gasteiger partial charge >= 0.3 is 0 Å². The summed E-state index contributed by atoms with van der Waals surface area (Å²) in [6.07, 6.45) is 3.20. The van der Waals surface area contributed by atoms with Crippen LogP contribution in [0.25, 0.3) is 0 Å². The van der Waals surface area contributed by atoms with Gasteiger partial charge in [-0.25, -0.2) is 0 Å². The summed E-state index contributed by atoms with van der Waals surface area (Å²) in [5.41, 5.74) is 0. The fraction of sp³-hybridized carbons (Fsp3) is 0.917. The molecule has 16 heavy (non-hydrogen) atoms. The minimum atomic E-state index is 0.0203. The van der Waals surface area contributed by atoms with Crippen LogP contribution in [0.3, 0.4) is 0 Å². The van der Waals surface area contributed by atoms with Crippen LogP contribution in [0.5, 0.6) is 0 Å². The number of ether oxygens (including phenoxy) is 1. The van der Waals surface area contributed by atoms with E-state index in [0.717, 1.165) is 25.9 Å². The smallest absolute Gasteiger partial charge is 0.241 e. The van der Waals surface area contributed by atoms with Crippen LogP contribution in [-0.4, -0.2) is 42.8 Å². The van der Waals surface area contributed by atoms with E-state index in [9.17, 15) is 4.79 Å². The molecule has 0 aromatic carbocycles. The van der Waals surface area contributed by atoms with Gasteiger partial charge in [-0.1, -0.05) is 20.3 Å². The van der Waals surface area contributed by atoms with Crippen LogP contribution in [-0.2, 0) is 9.53 Å². The van der Waals surface area contributed by atoms with E-state index >= 15 is 0 Å². The van der Waals surface area contributed by atoms with Crippen LogP contribution in [0, 0.1) is 5.92 Å². The van der Waals surface area contributed by atoms with E-state index in [1.165, 1.54) is 0 Å². The zero-order valence-corrected chi connectivity index (χ0v) is 10.2. The maximum atomic E-state index is 12.2. The third-order valence-corrected chi connectivity index (χ3v) is 3.82. The van der Waals surface area contributed by atoms with E-state index in [2.05, 4.69) is 19.2 Å². The number of amides is 1. The lowest BCUT2D eigenvalue weighted by molar-refractivity contribution is -0.134. The highest BCUT2D eigenvalue weighted by Gasteiger charge is 2.38. The second kappa shape index (κ2) is 5.15. The Hall–Kier alpha value is -0.610. The van der Waals surface area contributed by atoms with Gasteiger partial charge in [-0.3, -0.25) is 10.1 Å². The maximum Gasteiger partial charge on any atom is 0.241 e. The number of nitrogens with zero attached hydrogens (tertiary/aromatic N) is 1. The number of carbonyl (C=O) groups excluding carboxylic acids is 1. The van der Waals surface area contributed by atoms with Gasteiger partial charge in [0.05, 0.1) is 25.4 Å². The quantitative estimate of drug-likeness (QED) is 0.779. The molecule has 92 valence electrons. The van der Waals surface area contributed by atoms with Gasteiger partial charge in [0.1, 0.15) is 0 Å². The Morgan fingerprint density at radius 1 is 1.62 bits per heavy atom. The first kappa shape index (κ1) is 11.9. The Bertz CT molecular complexity index is 251. The van der Waals surface area contributed by atoms with Crippen LogP contribution < -0.4 is 5.32 Å². The monoisotopic (exact) mass is 226 g/mol. The van der Waals surface area contributed by atoms with Crippen molar-refractivity contribution >= 4 is 5.91 Å². The van der Waals surface area contributed by atoms with Gasteiger partial charge in [0, 0.05) is 6.61 Å². The fourth-order valence-electron chi connectivity index (χ4n) is 2.50. The molecule has 0 spiro atoms. The molecule has 3 unspecified atom stereocenters. The molecule has 1 N–H and O–H groups in total. The summed E-state index contributed by atoms with van der Waals surface area (Å²) in [5, 5.41) is 3.33. The van der Waals surface area contributed by atoms with Gasteiger partial charge in [0.2, 0.25) is 5.91 Å². The molecule has 2 rings (SSSR count). The zero-order valence-electron chi connectivity index (χ0n) is 10.2. The summed E-state index contributed by atoms with van der Waals surface area (Å²) in [6.45, 7) is 6.52. The third-order valence-electron chi connectivity index (χ3n) is 3.82. The highest BCUT2D eigenvalue weighted by Crippen LogP contribution is 2.21. The Balaban J connectivity index is 1.95. The Labute approximate surface area is 97.3 Å². The molecule has 0 bridgehead atoms. The van der Waals surface area contributed by atoms with Crippen molar-refractivity contribution in [3.63, 3.8) is 0 Å². The van der Waals surface area contributed by atoms with E-state index in [4.69, 9.17) is 4.74 Å². The van der Waals surface area contributed by atoms with Gasteiger partial charge in [-0.05, 0) is 18.8 Å². The molecule has 0 aromatic rings. The van der Waals surface area contributed by atoms with Crippen molar-refractivity contribution in [1.82, 2.24) is 10.2 Å². The predicted molar refractivity (Wildman–Crippen MR) is 61.9 cm³/mol. The summed E-state index contributed by atoms with van der Waals surface area (Å²) in [6, 6.07) is 0.315. The molecule has 0 radical (unpaired) electrons. The van der Waals surface area contributed by atoms with Crippen LogP contribution in [0.2, 0.25) is 0 Å². The van der Waals surface area contributed by atoms with E-state index in [1.54, 1.807) is 0 Å². The second-order valence-corrected chi connectivity index (χ2v) is 4.90. The SMILES string of the molecule is CCC(C)C1NCN(C2CCCOC2)C1=O. The molecule has 2 fully saturated rings. The lowest BCUT2D eigenvalue weighted by Gasteiger charge is -2.30. The predicted octanol–water partition coefficient (Wildman–Crippen LogP) is 0.969. The standard InChI is InChI=1S/C12H22N2O2/c1-3-9(2)11-12(15)14(8-13-11)10-5-4-6-16-7-10/h9-11,13H,3-8H2,1-2H3. The fourth-order valence-corrected chi connectivity index (χ4v) is 2.50. The lowest BCUT2D eigenvalue weighted by atomic mass is 9.99. The Morgan fingerprint density at radius 3 is 3.06 bits per heavy atom. The van der Waals surface area contributed by atoms with E-state index in [0.29, 0.717) is 25.2 Å². The van der Waals surface area contributed by atoms with Gasteiger partial charge in [0.15, 0.2) is 0 Å². The summed E-state index contributed by atoms with van der Waals surface area (Å²) in [4.78, 5) is 14.2. The summed E-state index contributed by atoms with van der Waals surface area (Å²) >= 11 is 0. The number of carbonyl (C=O) groups is 1. The zero-order chi connectivity index (χ0) is 11.5. The number of nitrogens with one attached hydrogen (secondary N) is 1. The minimum Gasteiger partial charge on any atom is -0.379 e. The minimum absolute atomic E-state index is 0.0203. The molecule has 2 heterocycles. The first-order chi connectivity index (χ1) is 7.74. The normalized spacial score (nSPS) is 33.1. The number of hydrogen-bond acceptors (Lipinski definition) is 3. The van der Waals surface area contributed by atoms with E-state index in [1.807, 2.05) is 4.90 Å². The van der Waals surface area contributed by atoms with Crippen LogP contribution >= 0.6 is 0 Å². The third kappa shape index (κ3) is 2.23. The highest BCUT2D eigenvalue weighted by molar-refractivity contribution is 5.84. The second-order valence-electron chi connectivity index (χ2n) is 4.90. The van der Waals surface area contributed by atoms with Crippen LogP contribution in [0.15, 0.2) is 0 Å². The molecule has 3 atom stereocenters. The molecule has 4 heteroatoms. The van der Waals surface area contributed by atoms with Crippen molar-refractivity contribution in [1.29, 1.82) is 0 Å². The molecule has 1 amide bonds. The number of rotatable bonds is 3. The maximum absolute atomic E-state index is 12.2. The molecule has 0 aromatic heterocycles. The Morgan fingerprint density at radius 2 is 2.44 bits per heavy atom. The van der Waals surface area contributed by atoms with E-state index in [-0.39, 0.29) is 11.9 Å². The van der Waals surface area contributed by atoms with Gasteiger partial charge < -0.3 is 9.64 Å². The average molecular weight is 226 g/mol. The van der Waals surface area contributed by atoms with Gasteiger partial charge in [-0.2, -0.15) is 0 Å². The molecular weight excluding hydrogens is 204 g/mol. The molecule has 0 saturated carbocycles. The van der Waals surface area contributed by atoms with Crippen LogP contribution in [0.1, 0.15) is 33.1 Å². The first-order valence-electron chi connectivity index (χ1n) is 6.35. The van der Waals surface area contributed by atoms with Crippen molar-refractivity contribution in [2.24, 2.45) is 5.92 Å². The molecular formula is C12H22N2O2. The van der Waals surface area contributed by atoms with Crippen molar-refractivity contribution in [2.45, 2.75) is 45.2 Å². The van der Waals surface area contributed by atoms with E-state index < -0.39 is 0 Å². The highest BCUT2D eigenvalue weighted by atomic mass is 16.5. The van der Waals surface area contributed by atoms with Crippen molar-refractivity contribution in [2.75, 3.05) is 19.9 Å². The van der Waals surface area contributed by atoms with Gasteiger partial charge in [-0.15, -0.1) is 0 Å². The molecule has 2 saturated heterocycles.